The van der Waals surface area contributed by atoms with Crippen molar-refractivity contribution in [3.05, 3.63) is 33.9 Å². The number of non-ortho nitro benzene ring substituents is 1. The number of benzene rings is 1. The third-order valence-electron chi connectivity index (χ3n) is 4.03. The van der Waals surface area contributed by atoms with Gasteiger partial charge in [-0.25, -0.2) is 0 Å². The Morgan fingerprint density at radius 2 is 2.09 bits per heavy atom. The molecule has 0 aromatic heterocycles. The van der Waals surface area contributed by atoms with Crippen molar-refractivity contribution in [3.63, 3.8) is 0 Å². The summed E-state index contributed by atoms with van der Waals surface area (Å²) in [5.74, 6) is -0.0527. The first kappa shape index (κ1) is 17.2. The van der Waals surface area contributed by atoms with Gasteiger partial charge in [0.1, 0.15) is 5.75 Å². The first-order valence-corrected chi connectivity index (χ1v) is 7.95. The molecule has 23 heavy (non-hydrogen) atoms. The first-order chi connectivity index (χ1) is 11.1. The van der Waals surface area contributed by atoms with Crippen molar-refractivity contribution >= 4 is 11.6 Å². The predicted molar refractivity (Wildman–Crippen MR) is 86.9 cm³/mol. The van der Waals surface area contributed by atoms with Gasteiger partial charge in [0.2, 0.25) is 0 Å². The molecule has 7 nitrogen and oxygen atoms in total. The molecule has 7 heteroatoms. The maximum absolute atomic E-state index is 12.2. The Hall–Kier alpha value is -2.15. The van der Waals surface area contributed by atoms with E-state index in [4.69, 9.17) is 4.74 Å². The molecule has 0 saturated carbocycles. The Bertz CT molecular complexity index is 556. The number of rotatable bonds is 7. The topological polar surface area (TPSA) is 84.7 Å². The lowest BCUT2D eigenvalue weighted by Crippen LogP contribution is -2.33. The summed E-state index contributed by atoms with van der Waals surface area (Å²) >= 11 is 0. The van der Waals surface area contributed by atoms with Crippen LogP contribution in [-0.4, -0.2) is 49.0 Å². The van der Waals surface area contributed by atoms with E-state index in [-0.39, 0.29) is 17.3 Å². The Labute approximate surface area is 135 Å². The lowest BCUT2D eigenvalue weighted by molar-refractivity contribution is -0.384. The molecular weight excluding hydrogens is 298 g/mol. The van der Waals surface area contributed by atoms with Crippen LogP contribution in [0.15, 0.2) is 18.2 Å². The fraction of sp³-hybridized carbons (Fsp3) is 0.562. The summed E-state index contributed by atoms with van der Waals surface area (Å²) in [6.07, 6.45) is 4.72. The van der Waals surface area contributed by atoms with Crippen LogP contribution in [0.1, 0.15) is 36.0 Å². The van der Waals surface area contributed by atoms with Gasteiger partial charge in [0.25, 0.3) is 11.6 Å². The number of hydrogen-bond acceptors (Lipinski definition) is 5. The van der Waals surface area contributed by atoms with Crippen LogP contribution in [0.5, 0.6) is 5.75 Å². The maximum atomic E-state index is 12.2. The van der Waals surface area contributed by atoms with Crippen molar-refractivity contribution in [1.29, 1.82) is 0 Å². The molecule has 1 heterocycles. The maximum Gasteiger partial charge on any atom is 0.273 e. The number of nitro groups is 1. The third-order valence-corrected chi connectivity index (χ3v) is 4.03. The Balaban J connectivity index is 1.84. The zero-order valence-electron chi connectivity index (χ0n) is 13.4. The van der Waals surface area contributed by atoms with E-state index in [0.717, 1.165) is 26.1 Å². The predicted octanol–water partition coefficient (Wildman–Crippen LogP) is 2.21. The summed E-state index contributed by atoms with van der Waals surface area (Å²) < 4.78 is 5.09. The second kappa shape index (κ2) is 8.47. The van der Waals surface area contributed by atoms with Crippen LogP contribution in [0.2, 0.25) is 0 Å². The van der Waals surface area contributed by atoms with Gasteiger partial charge in [-0.05, 0) is 45.0 Å². The lowest BCUT2D eigenvalue weighted by Gasteiger charge is -2.26. The molecule has 126 valence electrons. The molecule has 0 radical (unpaired) electrons. The molecule has 1 aliphatic rings. The smallest absolute Gasteiger partial charge is 0.273 e. The van der Waals surface area contributed by atoms with Gasteiger partial charge < -0.3 is 15.0 Å². The van der Waals surface area contributed by atoms with E-state index >= 15 is 0 Å². The molecule has 1 aliphatic heterocycles. The van der Waals surface area contributed by atoms with Gasteiger partial charge in [-0.15, -0.1) is 0 Å². The highest BCUT2D eigenvalue weighted by Crippen LogP contribution is 2.24. The van der Waals surface area contributed by atoms with E-state index in [1.807, 2.05) is 0 Å². The van der Waals surface area contributed by atoms with E-state index in [0.29, 0.717) is 12.1 Å². The lowest BCUT2D eigenvalue weighted by atomic mass is 10.1. The van der Waals surface area contributed by atoms with Crippen molar-refractivity contribution in [2.75, 3.05) is 33.3 Å². The molecule has 1 N–H and O–H groups in total. The number of amides is 1. The average molecular weight is 321 g/mol. The van der Waals surface area contributed by atoms with E-state index < -0.39 is 4.92 Å². The number of nitrogens with zero attached hydrogens (tertiary/aromatic N) is 2. The number of nitrogens with one attached hydrogen (secondary N) is 1. The molecule has 0 spiro atoms. The molecule has 2 rings (SSSR count). The second-order valence-corrected chi connectivity index (χ2v) is 5.65. The van der Waals surface area contributed by atoms with Crippen molar-refractivity contribution < 1.29 is 14.5 Å². The highest BCUT2D eigenvalue weighted by molar-refractivity contribution is 5.97. The SMILES string of the molecule is COc1cc([N+](=O)[O-])ccc1C(=O)NCCCN1CCCCC1. The number of methoxy groups -OCH3 is 1. The number of ether oxygens (including phenoxy) is 1. The Morgan fingerprint density at radius 3 is 2.74 bits per heavy atom. The average Bonchev–Trinajstić information content (AvgIpc) is 2.58. The molecule has 1 fully saturated rings. The standard InChI is InChI=1S/C16H23N3O4/c1-23-15-12-13(19(21)22)6-7-14(15)16(20)17-8-5-11-18-9-3-2-4-10-18/h6-7,12H,2-5,8-11H2,1H3,(H,17,20). The molecular formula is C16H23N3O4. The number of carbonyl (C=O) groups excluding carboxylic acids is 1. The van der Waals surface area contributed by atoms with Gasteiger partial charge in [0, 0.05) is 12.6 Å². The largest absolute Gasteiger partial charge is 0.496 e. The summed E-state index contributed by atoms with van der Waals surface area (Å²) in [7, 11) is 1.40. The fourth-order valence-corrected chi connectivity index (χ4v) is 2.76. The van der Waals surface area contributed by atoms with Gasteiger partial charge in [0.05, 0.1) is 23.7 Å². The van der Waals surface area contributed by atoms with Crippen molar-refractivity contribution in [1.82, 2.24) is 10.2 Å². The monoisotopic (exact) mass is 321 g/mol. The minimum absolute atomic E-state index is 0.0940. The molecule has 0 unspecified atom stereocenters. The van der Waals surface area contributed by atoms with Crippen molar-refractivity contribution in [2.45, 2.75) is 25.7 Å². The second-order valence-electron chi connectivity index (χ2n) is 5.65. The van der Waals surface area contributed by atoms with E-state index in [1.54, 1.807) is 0 Å². The highest BCUT2D eigenvalue weighted by Gasteiger charge is 2.16. The summed E-state index contributed by atoms with van der Waals surface area (Å²) in [5.41, 5.74) is 0.222. The van der Waals surface area contributed by atoms with Crippen LogP contribution in [0, 0.1) is 10.1 Å². The molecule has 0 atom stereocenters. The van der Waals surface area contributed by atoms with Gasteiger partial charge in [-0.2, -0.15) is 0 Å². The van der Waals surface area contributed by atoms with E-state index in [1.165, 1.54) is 44.6 Å². The van der Waals surface area contributed by atoms with Crippen LogP contribution in [0.4, 0.5) is 5.69 Å². The molecule has 0 aliphatic carbocycles. The number of nitro benzene ring substituents is 1. The third kappa shape index (κ3) is 4.92. The van der Waals surface area contributed by atoms with Crippen LogP contribution in [-0.2, 0) is 0 Å². The van der Waals surface area contributed by atoms with Crippen LogP contribution < -0.4 is 10.1 Å². The minimum Gasteiger partial charge on any atom is -0.496 e. The summed E-state index contributed by atoms with van der Waals surface area (Å²) in [4.78, 5) is 24.8. The zero-order valence-corrected chi connectivity index (χ0v) is 13.4. The van der Waals surface area contributed by atoms with Crippen LogP contribution in [0.25, 0.3) is 0 Å². The molecule has 1 saturated heterocycles. The molecule has 0 bridgehead atoms. The fourth-order valence-electron chi connectivity index (χ4n) is 2.76. The quantitative estimate of drug-likeness (QED) is 0.473. The van der Waals surface area contributed by atoms with Gasteiger partial charge in [0.15, 0.2) is 0 Å². The normalized spacial score (nSPS) is 15.2. The number of piperidine rings is 1. The zero-order chi connectivity index (χ0) is 16.7. The Morgan fingerprint density at radius 1 is 1.35 bits per heavy atom. The van der Waals surface area contributed by atoms with Crippen molar-refractivity contribution in [2.24, 2.45) is 0 Å². The number of carbonyl (C=O) groups is 1. The highest BCUT2D eigenvalue weighted by atomic mass is 16.6. The van der Waals surface area contributed by atoms with Crippen LogP contribution in [0.3, 0.4) is 0 Å². The minimum atomic E-state index is -0.511. The molecule has 1 amide bonds. The molecule has 1 aromatic rings. The van der Waals surface area contributed by atoms with Gasteiger partial charge in [-0.3, -0.25) is 14.9 Å². The van der Waals surface area contributed by atoms with Gasteiger partial charge >= 0.3 is 0 Å². The summed E-state index contributed by atoms with van der Waals surface area (Å²) in [5, 5.41) is 13.6. The van der Waals surface area contributed by atoms with E-state index in [9.17, 15) is 14.9 Å². The van der Waals surface area contributed by atoms with E-state index in [2.05, 4.69) is 10.2 Å². The van der Waals surface area contributed by atoms with Crippen LogP contribution >= 0.6 is 0 Å². The first-order valence-electron chi connectivity index (χ1n) is 7.95. The summed E-state index contributed by atoms with van der Waals surface area (Å²) in [6, 6.07) is 4.00. The Kier molecular flexibility index (Phi) is 6.34. The summed E-state index contributed by atoms with van der Waals surface area (Å²) in [6.45, 7) is 3.85. The molecule has 1 aromatic carbocycles. The number of likely N-dealkylation sites (tertiary alicyclic amines) is 1. The number of hydrogen-bond donors (Lipinski definition) is 1. The van der Waals surface area contributed by atoms with Gasteiger partial charge in [-0.1, -0.05) is 6.42 Å². The van der Waals surface area contributed by atoms with Crippen molar-refractivity contribution in [3.8, 4) is 5.75 Å².